The quantitative estimate of drug-likeness (QED) is 0.0802. The van der Waals surface area contributed by atoms with E-state index >= 15 is 0 Å². The van der Waals surface area contributed by atoms with E-state index in [1.165, 1.54) is 28.9 Å². The van der Waals surface area contributed by atoms with Gasteiger partial charge in [-0.15, -0.1) is 0 Å². The van der Waals surface area contributed by atoms with E-state index < -0.39 is 5.60 Å². The average Bonchev–Trinajstić information content (AvgIpc) is 2.99. The molecule has 0 heterocycles. The van der Waals surface area contributed by atoms with Gasteiger partial charge < -0.3 is 9.47 Å². The Bertz CT molecular complexity index is 1640. The van der Waals surface area contributed by atoms with Gasteiger partial charge in [-0.2, -0.15) is 0 Å². The number of ether oxygens (including phenoxy) is 2. The fourth-order valence-corrected chi connectivity index (χ4v) is 6.33. The van der Waals surface area contributed by atoms with Crippen LogP contribution in [0.3, 0.4) is 0 Å². The van der Waals surface area contributed by atoms with E-state index in [1.54, 1.807) is 6.07 Å². The van der Waals surface area contributed by atoms with Crippen molar-refractivity contribution in [3.8, 4) is 5.75 Å². The minimum atomic E-state index is -0.620. The van der Waals surface area contributed by atoms with Crippen molar-refractivity contribution in [2.45, 2.75) is 107 Å². The SMILES string of the molecule is CC/C=C(C)\C(=C(\C)C(C)CC)c1c(Cl)ccc(/C(CCCOc2cccc3cc(F)ccc23)=C(\CC)C(=O)OC(C)(C)C)c1C. The van der Waals surface area contributed by atoms with Crippen molar-refractivity contribution in [3.63, 3.8) is 0 Å². The zero-order valence-electron chi connectivity index (χ0n) is 29.5. The molecule has 0 bridgehead atoms. The molecule has 0 aliphatic heterocycles. The van der Waals surface area contributed by atoms with Crippen molar-refractivity contribution in [2.75, 3.05) is 6.61 Å². The van der Waals surface area contributed by atoms with Crippen LogP contribution < -0.4 is 4.74 Å². The molecule has 3 aromatic carbocycles. The van der Waals surface area contributed by atoms with Crippen molar-refractivity contribution < 1.29 is 18.7 Å². The van der Waals surface area contributed by atoms with E-state index in [0.717, 1.165) is 45.9 Å². The Labute approximate surface area is 281 Å². The molecular weight excluding hydrogens is 595 g/mol. The fourth-order valence-electron chi connectivity index (χ4n) is 6.03. The zero-order valence-corrected chi connectivity index (χ0v) is 30.3. The van der Waals surface area contributed by atoms with Gasteiger partial charge in [-0.3, -0.25) is 0 Å². The molecule has 0 fully saturated rings. The molecule has 1 unspecified atom stereocenters. The number of benzene rings is 3. The Morgan fingerprint density at radius 2 is 1.76 bits per heavy atom. The third kappa shape index (κ3) is 9.12. The van der Waals surface area contributed by atoms with Crippen molar-refractivity contribution in [3.05, 3.63) is 98.9 Å². The van der Waals surface area contributed by atoms with Crippen LogP contribution in [0, 0.1) is 18.7 Å². The number of esters is 1. The smallest absolute Gasteiger partial charge is 0.334 e. The van der Waals surface area contributed by atoms with Crippen LogP contribution >= 0.6 is 11.6 Å². The predicted octanol–water partition coefficient (Wildman–Crippen LogP) is 12.5. The third-order valence-corrected chi connectivity index (χ3v) is 8.95. The van der Waals surface area contributed by atoms with Gasteiger partial charge in [0.25, 0.3) is 0 Å². The van der Waals surface area contributed by atoms with Crippen molar-refractivity contribution >= 4 is 39.5 Å². The van der Waals surface area contributed by atoms with Crippen LogP contribution in [0.1, 0.15) is 111 Å². The lowest BCUT2D eigenvalue weighted by atomic mass is 9.82. The summed E-state index contributed by atoms with van der Waals surface area (Å²) >= 11 is 7.04. The molecular formula is C41H52ClFO3. The lowest BCUT2D eigenvalue weighted by Gasteiger charge is -2.25. The Balaban J connectivity index is 2.13. The molecule has 0 N–H and O–H groups in total. The Hall–Kier alpha value is -3.37. The first kappa shape index (κ1) is 37.1. The van der Waals surface area contributed by atoms with Crippen LogP contribution in [-0.2, 0) is 9.53 Å². The Kier molecular flexibility index (Phi) is 13.3. The molecule has 3 rings (SSSR count). The highest BCUT2D eigenvalue weighted by Gasteiger charge is 2.25. The van der Waals surface area contributed by atoms with Crippen molar-refractivity contribution in [2.24, 2.45) is 5.92 Å². The molecule has 248 valence electrons. The molecule has 3 aromatic rings. The van der Waals surface area contributed by atoms with E-state index in [4.69, 9.17) is 21.1 Å². The monoisotopic (exact) mass is 646 g/mol. The fraction of sp³-hybridized carbons (Fsp3) is 0.439. The first-order chi connectivity index (χ1) is 21.7. The van der Waals surface area contributed by atoms with Gasteiger partial charge in [0.1, 0.15) is 17.2 Å². The molecule has 0 aromatic heterocycles. The van der Waals surface area contributed by atoms with Gasteiger partial charge >= 0.3 is 5.97 Å². The summed E-state index contributed by atoms with van der Waals surface area (Å²) in [7, 11) is 0. The molecule has 0 saturated heterocycles. The number of carbonyl (C=O) groups excluding carboxylic acids is 1. The second-order valence-electron chi connectivity index (χ2n) is 13.1. The summed E-state index contributed by atoms with van der Waals surface area (Å²) in [4.78, 5) is 13.7. The predicted molar refractivity (Wildman–Crippen MR) is 194 cm³/mol. The van der Waals surface area contributed by atoms with E-state index in [1.807, 2.05) is 58.0 Å². The molecule has 0 radical (unpaired) electrons. The van der Waals surface area contributed by atoms with E-state index in [0.29, 0.717) is 48.1 Å². The first-order valence-electron chi connectivity index (χ1n) is 16.7. The number of halogens is 2. The summed E-state index contributed by atoms with van der Waals surface area (Å²) in [5, 5.41) is 2.37. The summed E-state index contributed by atoms with van der Waals surface area (Å²) in [6.07, 6.45) is 6.02. The van der Waals surface area contributed by atoms with Gasteiger partial charge in [-0.1, -0.05) is 69.1 Å². The summed E-state index contributed by atoms with van der Waals surface area (Å²) in [6.45, 7) is 21.2. The molecule has 0 aliphatic rings. The van der Waals surface area contributed by atoms with E-state index in [9.17, 15) is 9.18 Å². The average molecular weight is 647 g/mol. The molecule has 5 heteroatoms. The van der Waals surface area contributed by atoms with Gasteiger partial charge in [0.2, 0.25) is 0 Å². The van der Waals surface area contributed by atoms with Crippen LogP contribution in [0.4, 0.5) is 4.39 Å². The van der Waals surface area contributed by atoms with Crippen LogP contribution in [-0.4, -0.2) is 18.2 Å². The number of hydrogen-bond donors (Lipinski definition) is 0. The van der Waals surface area contributed by atoms with E-state index in [2.05, 4.69) is 47.6 Å². The molecule has 0 saturated carbocycles. The lowest BCUT2D eigenvalue weighted by Crippen LogP contribution is -2.25. The summed E-state index contributed by atoms with van der Waals surface area (Å²) < 4.78 is 26.0. The number of hydrogen-bond acceptors (Lipinski definition) is 3. The van der Waals surface area contributed by atoms with Crippen LogP contribution in [0.15, 0.2) is 71.3 Å². The molecule has 0 aliphatic carbocycles. The normalized spacial score (nSPS) is 14.1. The maximum absolute atomic E-state index is 13.8. The third-order valence-electron chi connectivity index (χ3n) is 8.63. The molecule has 46 heavy (non-hydrogen) atoms. The standard InChI is InChI=1S/C41H52ClFO3/c1-11-16-27(5)38(28(6)26(4)12-2)39-29(7)33(22-23-36(39)42)35(32(13-3)40(44)46-41(8,9)10)18-15-24-45-37-19-14-17-30-25-31(43)20-21-34(30)37/h14,16-17,19-23,25-26H,11-13,15,18,24H2,1-10H3/b27-16-,35-32+,38-28+. The van der Waals surface area contributed by atoms with Crippen molar-refractivity contribution in [1.82, 2.24) is 0 Å². The highest BCUT2D eigenvalue weighted by atomic mass is 35.5. The van der Waals surface area contributed by atoms with Gasteiger partial charge in [-0.25, -0.2) is 9.18 Å². The summed E-state index contributed by atoms with van der Waals surface area (Å²) in [6, 6.07) is 14.4. The first-order valence-corrected chi connectivity index (χ1v) is 17.1. The number of carbonyl (C=O) groups is 1. The Morgan fingerprint density at radius 3 is 2.39 bits per heavy atom. The van der Waals surface area contributed by atoms with Crippen LogP contribution in [0.2, 0.25) is 5.02 Å². The topological polar surface area (TPSA) is 35.5 Å². The van der Waals surface area contributed by atoms with Gasteiger partial charge in [-0.05, 0) is 143 Å². The highest BCUT2D eigenvalue weighted by Crippen LogP contribution is 2.41. The number of fused-ring (bicyclic) bond motifs is 1. The van der Waals surface area contributed by atoms with E-state index in [-0.39, 0.29) is 11.8 Å². The molecule has 0 amide bonds. The van der Waals surface area contributed by atoms with Crippen molar-refractivity contribution in [1.29, 1.82) is 0 Å². The number of rotatable bonds is 13. The van der Waals surface area contributed by atoms with Gasteiger partial charge in [0.05, 0.1) is 6.61 Å². The highest BCUT2D eigenvalue weighted by molar-refractivity contribution is 6.33. The minimum Gasteiger partial charge on any atom is -0.493 e. The lowest BCUT2D eigenvalue weighted by molar-refractivity contribution is -0.149. The maximum Gasteiger partial charge on any atom is 0.334 e. The minimum absolute atomic E-state index is 0.274. The zero-order chi connectivity index (χ0) is 34.2. The largest absolute Gasteiger partial charge is 0.493 e. The van der Waals surface area contributed by atoms with Gasteiger partial charge in [0, 0.05) is 21.5 Å². The second kappa shape index (κ2) is 16.5. The Morgan fingerprint density at radius 1 is 1.04 bits per heavy atom. The van der Waals surface area contributed by atoms with Crippen LogP contribution in [0.25, 0.3) is 21.9 Å². The summed E-state index contributed by atoms with van der Waals surface area (Å²) in [5.41, 5.74) is 7.78. The van der Waals surface area contributed by atoms with Gasteiger partial charge in [0.15, 0.2) is 0 Å². The molecule has 3 nitrogen and oxygen atoms in total. The molecule has 0 spiro atoms. The summed E-state index contributed by atoms with van der Waals surface area (Å²) in [5.74, 6) is 0.528. The second-order valence-corrected chi connectivity index (χ2v) is 13.6. The maximum atomic E-state index is 13.8. The number of allylic oxidation sites excluding steroid dienone is 5. The van der Waals surface area contributed by atoms with Crippen LogP contribution in [0.5, 0.6) is 5.75 Å². The molecule has 1 atom stereocenters.